The van der Waals surface area contributed by atoms with E-state index in [0.29, 0.717) is 27.6 Å². The normalized spacial score (nSPS) is 11.4. The summed E-state index contributed by atoms with van der Waals surface area (Å²) in [5, 5.41) is 8.46. The summed E-state index contributed by atoms with van der Waals surface area (Å²) >= 11 is 1.21. The third kappa shape index (κ3) is 5.43. The van der Waals surface area contributed by atoms with Gasteiger partial charge in [-0.05, 0) is 54.6 Å². The molecule has 0 fully saturated rings. The highest BCUT2D eigenvalue weighted by molar-refractivity contribution is 7.99. The van der Waals surface area contributed by atoms with Crippen LogP contribution in [-0.4, -0.2) is 30.0 Å². The molecule has 0 saturated heterocycles. The van der Waals surface area contributed by atoms with Crippen LogP contribution >= 0.6 is 11.8 Å². The molecule has 4 aromatic rings. The summed E-state index contributed by atoms with van der Waals surface area (Å²) in [7, 11) is -3.79. The van der Waals surface area contributed by atoms with Crippen LogP contribution in [0.1, 0.15) is 0 Å². The Kier molecular flexibility index (Phi) is 5.94. The quantitative estimate of drug-likeness (QED) is 0.365. The highest BCUT2D eigenvalue weighted by atomic mass is 32.2. The van der Waals surface area contributed by atoms with Crippen LogP contribution in [0.2, 0.25) is 0 Å². The van der Waals surface area contributed by atoms with Crippen molar-refractivity contribution in [1.29, 1.82) is 0 Å². The maximum Gasteiger partial charge on any atom is 0.238 e. The van der Waals surface area contributed by atoms with E-state index in [1.54, 1.807) is 30.3 Å². The standard InChI is InChI=1S/C21H18N4O4S2/c22-31(27,28)17-10-11-18-19(12-17)25-21(24-18)30-13-20(26)23-14-6-8-16(9-7-14)29-15-4-2-1-3-5-15/h1-12H,13H2,(H,23,26)(H,24,25)(H2,22,27,28). The summed E-state index contributed by atoms with van der Waals surface area (Å²) in [6.45, 7) is 0. The van der Waals surface area contributed by atoms with Crippen molar-refractivity contribution in [3.05, 3.63) is 72.8 Å². The van der Waals surface area contributed by atoms with Crippen LogP contribution < -0.4 is 15.2 Å². The molecule has 0 unspecified atom stereocenters. The summed E-state index contributed by atoms with van der Waals surface area (Å²) in [5.74, 6) is 1.33. The number of nitrogens with one attached hydrogen (secondary N) is 2. The zero-order valence-corrected chi connectivity index (χ0v) is 17.7. The number of thioether (sulfide) groups is 1. The SMILES string of the molecule is NS(=O)(=O)c1ccc2nc(SCC(=O)Nc3ccc(Oc4ccccc4)cc3)[nH]c2c1. The third-order valence-electron chi connectivity index (χ3n) is 4.22. The van der Waals surface area contributed by atoms with Crippen molar-refractivity contribution >= 4 is 44.4 Å². The second kappa shape index (κ2) is 8.80. The number of aromatic amines is 1. The number of rotatable bonds is 7. The van der Waals surface area contributed by atoms with Crippen molar-refractivity contribution in [3.8, 4) is 11.5 Å². The van der Waals surface area contributed by atoms with Gasteiger partial charge in [0.2, 0.25) is 15.9 Å². The van der Waals surface area contributed by atoms with E-state index >= 15 is 0 Å². The number of anilines is 1. The Bertz CT molecular complexity index is 1320. The number of amides is 1. The van der Waals surface area contributed by atoms with E-state index in [2.05, 4.69) is 15.3 Å². The fourth-order valence-electron chi connectivity index (χ4n) is 2.77. The molecule has 1 heterocycles. The number of imidazole rings is 1. The molecule has 3 aromatic carbocycles. The summed E-state index contributed by atoms with van der Waals surface area (Å²) in [6.07, 6.45) is 0. The summed E-state index contributed by atoms with van der Waals surface area (Å²) < 4.78 is 28.7. The Morgan fingerprint density at radius 3 is 2.45 bits per heavy atom. The Labute approximate surface area is 182 Å². The number of aromatic nitrogens is 2. The number of benzene rings is 3. The molecule has 0 aliphatic rings. The number of para-hydroxylation sites is 1. The molecule has 0 spiro atoms. The van der Waals surface area contributed by atoms with Crippen LogP contribution in [0.25, 0.3) is 11.0 Å². The smallest absolute Gasteiger partial charge is 0.238 e. The van der Waals surface area contributed by atoms with Crippen molar-refractivity contribution in [2.45, 2.75) is 10.1 Å². The van der Waals surface area contributed by atoms with Gasteiger partial charge >= 0.3 is 0 Å². The molecule has 1 aromatic heterocycles. The van der Waals surface area contributed by atoms with E-state index in [4.69, 9.17) is 9.88 Å². The lowest BCUT2D eigenvalue weighted by Gasteiger charge is -2.07. The minimum absolute atomic E-state index is 0.00219. The highest BCUT2D eigenvalue weighted by Gasteiger charge is 2.12. The number of H-pyrrole nitrogens is 1. The Balaban J connectivity index is 1.33. The molecule has 1 amide bonds. The summed E-state index contributed by atoms with van der Waals surface area (Å²) in [5.41, 5.74) is 1.76. The molecular formula is C21H18N4O4S2. The van der Waals surface area contributed by atoms with E-state index in [0.717, 1.165) is 5.75 Å². The topological polar surface area (TPSA) is 127 Å². The average molecular weight is 455 g/mol. The van der Waals surface area contributed by atoms with Crippen LogP contribution in [0.4, 0.5) is 5.69 Å². The van der Waals surface area contributed by atoms with Gasteiger partial charge in [0.1, 0.15) is 11.5 Å². The fourth-order valence-corrected chi connectivity index (χ4v) is 4.00. The number of primary sulfonamides is 1. The van der Waals surface area contributed by atoms with Crippen molar-refractivity contribution in [1.82, 2.24) is 9.97 Å². The van der Waals surface area contributed by atoms with E-state index in [9.17, 15) is 13.2 Å². The van der Waals surface area contributed by atoms with Gasteiger partial charge in [0, 0.05) is 5.69 Å². The molecule has 4 N–H and O–H groups in total. The van der Waals surface area contributed by atoms with Crippen molar-refractivity contribution < 1.29 is 17.9 Å². The van der Waals surface area contributed by atoms with Crippen molar-refractivity contribution in [3.63, 3.8) is 0 Å². The number of nitrogens with two attached hydrogens (primary N) is 1. The average Bonchev–Trinajstić information content (AvgIpc) is 3.16. The second-order valence-corrected chi connectivity index (χ2v) is 9.07. The van der Waals surface area contributed by atoms with Crippen LogP contribution in [0.5, 0.6) is 11.5 Å². The highest BCUT2D eigenvalue weighted by Crippen LogP contribution is 2.24. The van der Waals surface area contributed by atoms with Crippen LogP contribution in [0.3, 0.4) is 0 Å². The van der Waals surface area contributed by atoms with Gasteiger partial charge in [-0.1, -0.05) is 30.0 Å². The number of hydrogen-bond donors (Lipinski definition) is 3. The molecule has 0 atom stereocenters. The molecule has 158 valence electrons. The molecule has 0 bridgehead atoms. The molecule has 8 nitrogen and oxygen atoms in total. The molecule has 10 heteroatoms. The number of fused-ring (bicyclic) bond motifs is 1. The van der Waals surface area contributed by atoms with Crippen molar-refractivity contribution in [2.24, 2.45) is 5.14 Å². The first kappa shape index (κ1) is 20.9. The predicted molar refractivity (Wildman–Crippen MR) is 120 cm³/mol. The van der Waals surface area contributed by atoms with Gasteiger partial charge in [0.25, 0.3) is 0 Å². The number of carbonyl (C=O) groups is 1. The number of hydrogen-bond acceptors (Lipinski definition) is 6. The lowest BCUT2D eigenvalue weighted by molar-refractivity contribution is -0.113. The number of nitrogens with zero attached hydrogens (tertiary/aromatic N) is 1. The Hall–Kier alpha value is -3.34. The van der Waals surface area contributed by atoms with Gasteiger partial charge < -0.3 is 15.0 Å². The first-order valence-corrected chi connectivity index (χ1v) is 11.7. The predicted octanol–water partition coefficient (Wildman–Crippen LogP) is 3.73. The lowest BCUT2D eigenvalue weighted by Crippen LogP contribution is -2.13. The first-order valence-electron chi connectivity index (χ1n) is 9.15. The Morgan fingerprint density at radius 2 is 1.74 bits per heavy atom. The van der Waals surface area contributed by atoms with E-state index in [1.165, 1.54) is 23.9 Å². The van der Waals surface area contributed by atoms with Gasteiger partial charge in [-0.3, -0.25) is 4.79 Å². The molecule has 31 heavy (non-hydrogen) atoms. The molecule has 0 radical (unpaired) electrons. The number of sulfonamides is 1. The van der Waals surface area contributed by atoms with Crippen LogP contribution in [0, 0.1) is 0 Å². The van der Waals surface area contributed by atoms with Gasteiger partial charge in [-0.25, -0.2) is 18.5 Å². The van der Waals surface area contributed by atoms with Gasteiger partial charge in [0.15, 0.2) is 5.16 Å². The van der Waals surface area contributed by atoms with Crippen molar-refractivity contribution in [2.75, 3.05) is 11.1 Å². The molecule has 0 saturated carbocycles. The molecule has 0 aliphatic carbocycles. The third-order valence-corrected chi connectivity index (χ3v) is 6.00. The van der Waals surface area contributed by atoms with E-state index in [1.807, 2.05) is 30.3 Å². The first-order chi connectivity index (χ1) is 14.9. The Morgan fingerprint density at radius 1 is 1.03 bits per heavy atom. The van der Waals surface area contributed by atoms with Gasteiger partial charge in [-0.15, -0.1) is 0 Å². The minimum Gasteiger partial charge on any atom is -0.457 e. The maximum absolute atomic E-state index is 12.3. The van der Waals surface area contributed by atoms with E-state index in [-0.39, 0.29) is 16.6 Å². The van der Waals surface area contributed by atoms with Gasteiger partial charge in [0.05, 0.1) is 21.7 Å². The van der Waals surface area contributed by atoms with Crippen LogP contribution in [-0.2, 0) is 14.8 Å². The molecule has 4 rings (SSSR count). The number of carbonyl (C=O) groups excluding carboxylic acids is 1. The summed E-state index contributed by atoms with van der Waals surface area (Å²) in [4.78, 5) is 19.6. The molecular weight excluding hydrogens is 436 g/mol. The summed E-state index contributed by atoms with van der Waals surface area (Å²) in [6, 6.07) is 20.9. The largest absolute Gasteiger partial charge is 0.457 e. The maximum atomic E-state index is 12.3. The van der Waals surface area contributed by atoms with Gasteiger partial charge in [-0.2, -0.15) is 0 Å². The molecule has 0 aliphatic heterocycles. The van der Waals surface area contributed by atoms with Crippen LogP contribution in [0.15, 0.2) is 82.8 Å². The second-order valence-electron chi connectivity index (χ2n) is 6.54. The zero-order valence-electron chi connectivity index (χ0n) is 16.1. The minimum atomic E-state index is -3.79. The lowest BCUT2D eigenvalue weighted by atomic mass is 10.3. The monoisotopic (exact) mass is 454 g/mol. The fraction of sp³-hybridized carbons (Fsp3) is 0.0476. The number of ether oxygens (including phenoxy) is 1. The van der Waals surface area contributed by atoms with E-state index < -0.39 is 10.0 Å². The zero-order chi connectivity index (χ0) is 21.8.